The summed E-state index contributed by atoms with van der Waals surface area (Å²) >= 11 is 0. The number of fused-ring (bicyclic) bond motifs is 5. The van der Waals surface area contributed by atoms with E-state index in [1.165, 1.54) is 5.57 Å². The third kappa shape index (κ3) is 8.84. The summed E-state index contributed by atoms with van der Waals surface area (Å²) in [4.78, 5) is 0. The number of aliphatic hydroxyl groups excluding tert-OH is 11. The zero-order valence-corrected chi connectivity index (χ0v) is 39.7. The summed E-state index contributed by atoms with van der Waals surface area (Å²) in [6.45, 7) is 16.3. The van der Waals surface area contributed by atoms with Crippen molar-refractivity contribution in [1.82, 2.24) is 0 Å². The SMILES string of the molecule is CC(C)=CCC[C@](C)(O[C@H]1O[C@@H](CO)[C@H](O)[C@@H](O)[C@@H]1O)[C@@H]1CC[C@]2(C)[C@@H]1CC[C@@H]1[C@]3(C)CC[C@H](O[C@@H]4O[C@H](CO)[C@@H](O)[C@H](O)[C@@H]4O[C@@H]4O[C@H](CO)[C@H](O)[C@@H](O)[C@@H]4O)C(C)(C)[C@@H]3CC[C@@]12C. The highest BCUT2D eigenvalue weighted by Gasteiger charge is 2.70. The predicted molar refractivity (Wildman–Crippen MR) is 232 cm³/mol. The van der Waals surface area contributed by atoms with E-state index in [1.807, 2.05) is 0 Å². The van der Waals surface area contributed by atoms with Gasteiger partial charge in [0.2, 0.25) is 0 Å². The highest BCUT2D eigenvalue weighted by molar-refractivity contribution is 5.19. The molecular formula is C48H82O17. The van der Waals surface area contributed by atoms with Crippen molar-refractivity contribution in [2.24, 2.45) is 45.3 Å². The van der Waals surface area contributed by atoms with Crippen molar-refractivity contribution in [3.8, 4) is 0 Å². The fraction of sp³-hybridized carbons (Fsp3) is 0.958. The van der Waals surface area contributed by atoms with Crippen molar-refractivity contribution < 1.29 is 84.6 Å². The molecule has 0 bridgehead atoms. The van der Waals surface area contributed by atoms with Crippen LogP contribution in [0.4, 0.5) is 0 Å². The second-order valence-corrected chi connectivity index (χ2v) is 22.8. The van der Waals surface area contributed by atoms with Gasteiger partial charge in [-0.05, 0) is 130 Å². The molecule has 17 heteroatoms. The number of hydrogen-bond donors (Lipinski definition) is 11. The molecule has 0 aromatic rings. The van der Waals surface area contributed by atoms with Crippen LogP contribution in [0.3, 0.4) is 0 Å². The lowest BCUT2D eigenvalue weighted by Gasteiger charge is -2.70. The summed E-state index contributed by atoms with van der Waals surface area (Å²) in [5, 5.41) is 116. The molecule has 24 atom stereocenters. The average molecular weight is 931 g/mol. The van der Waals surface area contributed by atoms with Crippen LogP contribution < -0.4 is 0 Å². The molecule has 4 saturated carbocycles. The van der Waals surface area contributed by atoms with Gasteiger partial charge in [-0.2, -0.15) is 0 Å². The van der Waals surface area contributed by atoms with Gasteiger partial charge in [0.05, 0.1) is 31.5 Å². The van der Waals surface area contributed by atoms with E-state index in [1.54, 1.807) is 0 Å². The molecular weight excluding hydrogens is 849 g/mol. The van der Waals surface area contributed by atoms with Gasteiger partial charge in [-0.3, -0.25) is 0 Å². The van der Waals surface area contributed by atoms with Crippen LogP contribution in [-0.4, -0.2) is 180 Å². The number of hydrogen-bond acceptors (Lipinski definition) is 17. The van der Waals surface area contributed by atoms with E-state index < -0.39 is 129 Å². The molecule has 4 aliphatic carbocycles. The van der Waals surface area contributed by atoms with E-state index in [9.17, 15) is 56.2 Å². The van der Waals surface area contributed by atoms with E-state index in [-0.39, 0.29) is 28.1 Å². The second kappa shape index (κ2) is 19.3. The van der Waals surface area contributed by atoms with Crippen LogP contribution in [-0.2, 0) is 28.4 Å². The standard InChI is InChI=1S/C48H82O17/c1-23(2)10-9-16-48(8,65-42-39(59)36(56)33(53)27(21-50)61-42)25-13-18-46(6)24(25)11-12-30-45(5)17-15-31(44(3,4)29(45)14-19-47(30,46)7)63-43-40(37(57)34(54)28(22-51)62-43)64-41-38(58)35(55)32(52)26(20-49)60-41/h10,24-43,49-59H,9,11-22H2,1-8H3/t24-,25-,26-,27+,28-,29+,30-,31+,32+,33+,34-,35-,36-,37+,38+,39+,40+,41+,42-,43+,45-,46-,47+,48+/m1/s1. The van der Waals surface area contributed by atoms with E-state index >= 15 is 0 Å². The quantitative estimate of drug-likeness (QED) is 0.0908. The molecule has 0 aromatic carbocycles. The van der Waals surface area contributed by atoms with Gasteiger partial charge in [0, 0.05) is 0 Å². The number of rotatable bonds is 13. The van der Waals surface area contributed by atoms with Crippen LogP contribution in [0.1, 0.15) is 120 Å². The first kappa shape index (κ1) is 51.9. The molecule has 0 radical (unpaired) electrons. The highest BCUT2D eigenvalue weighted by Crippen LogP contribution is 2.76. The van der Waals surface area contributed by atoms with Gasteiger partial charge in [0.25, 0.3) is 0 Å². The summed E-state index contributed by atoms with van der Waals surface area (Å²) in [6, 6.07) is 0. The van der Waals surface area contributed by atoms with Crippen molar-refractivity contribution in [3.63, 3.8) is 0 Å². The Bertz CT molecular complexity index is 1640. The van der Waals surface area contributed by atoms with Crippen LogP contribution in [0.2, 0.25) is 0 Å². The molecule has 7 fully saturated rings. The molecule has 3 aliphatic heterocycles. The Hall–Kier alpha value is -0.940. The largest absolute Gasteiger partial charge is 0.394 e. The number of aliphatic hydroxyl groups is 11. The molecule has 3 heterocycles. The minimum Gasteiger partial charge on any atom is -0.394 e. The third-order valence-electron chi connectivity index (χ3n) is 18.8. The van der Waals surface area contributed by atoms with E-state index in [4.69, 9.17) is 28.4 Å². The molecule has 65 heavy (non-hydrogen) atoms. The minimum absolute atomic E-state index is 0.0327. The van der Waals surface area contributed by atoms with Crippen LogP contribution in [0, 0.1) is 45.3 Å². The van der Waals surface area contributed by atoms with Crippen LogP contribution >= 0.6 is 0 Å². The normalized spacial score (nSPS) is 51.9. The van der Waals surface area contributed by atoms with E-state index in [0.717, 1.165) is 51.4 Å². The van der Waals surface area contributed by atoms with Crippen molar-refractivity contribution >= 4 is 0 Å². The molecule has 0 unspecified atom stereocenters. The Morgan fingerprint density at radius 1 is 0.585 bits per heavy atom. The molecule has 376 valence electrons. The maximum absolute atomic E-state index is 11.4. The summed E-state index contributed by atoms with van der Waals surface area (Å²) in [7, 11) is 0. The van der Waals surface area contributed by atoms with Gasteiger partial charge in [0.1, 0.15) is 73.2 Å². The maximum Gasteiger partial charge on any atom is 0.187 e. The Labute approximate surface area is 384 Å². The molecule has 0 spiro atoms. The van der Waals surface area contributed by atoms with Gasteiger partial charge < -0.3 is 84.6 Å². The smallest absolute Gasteiger partial charge is 0.187 e. The van der Waals surface area contributed by atoms with Crippen molar-refractivity contribution in [1.29, 1.82) is 0 Å². The van der Waals surface area contributed by atoms with Crippen LogP contribution in [0.15, 0.2) is 11.6 Å². The van der Waals surface area contributed by atoms with Crippen molar-refractivity contribution in [3.05, 3.63) is 11.6 Å². The van der Waals surface area contributed by atoms with Crippen molar-refractivity contribution in [2.45, 2.75) is 223 Å². The Balaban J connectivity index is 1.11. The van der Waals surface area contributed by atoms with Crippen LogP contribution in [0.5, 0.6) is 0 Å². The first-order valence-corrected chi connectivity index (χ1v) is 24.3. The van der Waals surface area contributed by atoms with Gasteiger partial charge in [-0.15, -0.1) is 0 Å². The Morgan fingerprint density at radius 3 is 1.71 bits per heavy atom. The van der Waals surface area contributed by atoms with E-state index in [0.29, 0.717) is 24.7 Å². The van der Waals surface area contributed by atoms with Gasteiger partial charge >= 0.3 is 0 Å². The van der Waals surface area contributed by atoms with E-state index in [2.05, 4.69) is 61.5 Å². The zero-order chi connectivity index (χ0) is 47.8. The number of ether oxygens (including phenoxy) is 6. The number of allylic oxidation sites excluding steroid dienone is 2. The lowest BCUT2D eigenvalue weighted by molar-refractivity contribution is -0.378. The molecule has 17 nitrogen and oxygen atoms in total. The molecule has 0 aromatic heterocycles. The highest BCUT2D eigenvalue weighted by atomic mass is 16.8. The summed E-state index contributed by atoms with van der Waals surface area (Å²) < 4.78 is 37.4. The molecule has 0 amide bonds. The first-order chi connectivity index (χ1) is 30.4. The lowest BCUT2D eigenvalue weighted by Crippen LogP contribution is -2.67. The molecule has 11 N–H and O–H groups in total. The Morgan fingerprint density at radius 2 is 1.12 bits per heavy atom. The fourth-order valence-electron chi connectivity index (χ4n) is 14.9. The van der Waals surface area contributed by atoms with Gasteiger partial charge in [-0.1, -0.05) is 46.3 Å². The third-order valence-corrected chi connectivity index (χ3v) is 18.8. The second-order valence-electron chi connectivity index (χ2n) is 22.8. The van der Waals surface area contributed by atoms with Gasteiger partial charge in [-0.25, -0.2) is 0 Å². The predicted octanol–water partition coefficient (Wildman–Crippen LogP) is 1.00. The Kier molecular flexibility index (Phi) is 15.4. The minimum atomic E-state index is -1.77. The lowest BCUT2D eigenvalue weighted by atomic mass is 9.35. The summed E-state index contributed by atoms with van der Waals surface area (Å²) in [5.41, 5.74) is -0.159. The monoisotopic (exact) mass is 931 g/mol. The summed E-state index contributed by atoms with van der Waals surface area (Å²) in [5.74, 6) is 0.995. The average Bonchev–Trinajstić information content (AvgIpc) is 3.63. The first-order valence-electron chi connectivity index (χ1n) is 24.3. The fourth-order valence-corrected chi connectivity index (χ4v) is 14.9. The maximum atomic E-state index is 11.4. The topological polar surface area (TPSA) is 278 Å². The molecule has 3 saturated heterocycles. The summed E-state index contributed by atoms with van der Waals surface area (Å²) in [6.07, 6.45) is -11.6. The molecule has 7 rings (SSSR count). The molecule has 7 aliphatic rings. The van der Waals surface area contributed by atoms with Gasteiger partial charge in [0.15, 0.2) is 18.9 Å². The van der Waals surface area contributed by atoms with Crippen LogP contribution in [0.25, 0.3) is 0 Å². The zero-order valence-electron chi connectivity index (χ0n) is 39.7. The van der Waals surface area contributed by atoms with Crippen molar-refractivity contribution in [2.75, 3.05) is 19.8 Å².